The summed E-state index contributed by atoms with van der Waals surface area (Å²) in [5.41, 5.74) is 0.166. The van der Waals surface area contributed by atoms with Crippen LogP contribution in [0, 0.1) is 23.5 Å². The molecule has 2 fully saturated rings. The molecule has 4 rings (SSSR count). The average Bonchev–Trinajstić information content (AvgIpc) is 3.30. The summed E-state index contributed by atoms with van der Waals surface area (Å²) in [6.45, 7) is -0.431. The zero-order valence-corrected chi connectivity index (χ0v) is 16.5. The van der Waals surface area contributed by atoms with Crippen molar-refractivity contribution < 1.29 is 22.0 Å². The van der Waals surface area contributed by atoms with E-state index in [0.29, 0.717) is 11.8 Å². The summed E-state index contributed by atoms with van der Waals surface area (Å²) in [7, 11) is -4.14. The van der Waals surface area contributed by atoms with Crippen LogP contribution in [0.5, 0.6) is 0 Å². The number of nitrogens with one attached hydrogen (secondary N) is 1. The third kappa shape index (κ3) is 4.12. The molecule has 0 radical (unpaired) electrons. The Morgan fingerprint density at radius 3 is 2.14 bits per heavy atom. The molecule has 1 amide bonds. The van der Waals surface area contributed by atoms with E-state index in [2.05, 4.69) is 5.32 Å². The Bertz CT molecular complexity index is 994. The van der Waals surface area contributed by atoms with Crippen LogP contribution in [0.4, 0.5) is 14.5 Å². The number of halogens is 2. The minimum atomic E-state index is -4.14. The molecule has 2 aliphatic rings. The summed E-state index contributed by atoms with van der Waals surface area (Å²) in [6.07, 6.45) is 4.32. The Morgan fingerprint density at radius 1 is 0.966 bits per heavy atom. The number of carbonyl (C=O) groups excluding carboxylic acids is 1. The average molecular weight is 420 g/mol. The number of hydrogen-bond acceptors (Lipinski definition) is 3. The summed E-state index contributed by atoms with van der Waals surface area (Å²) in [6, 6.07) is 9.35. The van der Waals surface area contributed by atoms with E-state index >= 15 is 0 Å². The third-order valence-electron chi connectivity index (χ3n) is 5.89. The van der Waals surface area contributed by atoms with Gasteiger partial charge in [0.2, 0.25) is 5.91 Å². The van der Waals surface area contributed by atoms with Gasteiger partial charge in [0.25, 0.3) is 10.0 Å². The molecule has 0 spiro atoms. The molecule has 29 heavy (non-hydrogen) atoms. The number of hydrogen-bond donors (Lipinski definition) is 1. The molecule has 0 aliphatic heterocycles. The van der Waals surface area contributed by atoms with Gasteiger partial charge in [-0.3, -0.25) is 9.10 Å². The second-order valence-corrected chi connectivity index (χ2v) is 9.65. The second-order valence-electron chi connectivity index (χ2n) is 7.79. The van der Waals surface area contributed by atoms with Gasteiger partial charge in [-0.25, -0.2) is 17.2 Å². The lowest BCUT2D eigenvalue weighted by atomic mass is 9.95. The SMILES string of the molecule is O=C(CN(c1ccc(F)cc1)S(=O)(=O)c1ccc(F)cc1)NC1CC2CCC1C2. The van der Waals surface area contributed by atoms with E-state index in [4.69, 9.17) is 0 Å². The molecule has 2 aromatic rings. The zero-order valence-electron chi connectivity index (χ0n) is 15.7. The number of benzene rings is 2. The molecule has 0 aromatic heterocycles. The first-order valence-electron chi connectivity index (χ1n) is 9.66. The second kappa shape index (κ2) is 7.74. The van der Waals surface area contributed by atoms with Crippen molar-refractivity contribution >= 4 is 21.6 Å². The molecule has 8 heteroatoms. The lowest BCUT2D eigenvalue weighted by molar-refractivity contribution is -0.120. The quantitative estimate of drug-likeness (QED) is 0.778. The highest BCUT2D eigenvalue weighted by molar-refractivity contribution is 7.92. The Kier molecular flexibility index (Phi) is 5.29. The summed E-state index contributed by atoms with van der Waals surface area (Å²) < 4.78 is 53.8. The van der Waals surface area contributed by atoms with Crippen LogP contribution in [0.25, 0.3) is 0 Å². The van der Waals surface area contributed by atoms with E-state index in [1.54, 1.807) is 0 Å². The molecular weight excluding hydrogens is 398 g/mol. The first-order chi connectivity index (χ1) is 13.8. The van der Waals surface area contributed by atoms with E-state index in [1.165, 1.54) is 18.6 Å². The maximum absolute atomic E-state index is 13.3. The van der Waals surface area contributed by atoms with Crippen LogP contribution in [0.1, 0.15) is 25.7 Å². The number of nitrogens with zero attached hydrogens (tertiary/aromatic N) is 1. The van der Waals surface area contributed by atoms with Crippen molar-refractivity contribution in [1.29, 1.82) is 0 Å². The smallest absolute Gasteiger partial charge is 0.264 e. The van der Waals surface area contributed by atoms with Crippen molar-refractivity contribution in [2.75, 3.05) is 10.8 Å². The molecule has 3 atom stereocenters. The van der Waals surface area contributed by atoms with E-state index in [-0.39, 0.29) is 16.6 Å². The van der Waals surface area contributed by atoms with E-state index < -0.39 is 34.1 Å². The van der Waals surface area contributed by atoms with Crippen LogP contribution in [0.15, 0.2) is 53.4 Å². The minimum absolute atomic E-state index is 0.0739. The number of carbonyl (C=O) groups is 1. The molecule has 2 aliphatic carbocycles. The summed E-state index contributed by atoms with van der Waals surface area (Å²) in [5.74, 6) is -0.387. The standard InChI is InChI=1S/C21H22F2N2O3S/c22-16-3-7-18(8-4-16)25(29(27,28)19-9-5-17(23)6-10-19)13-21(26)24-20-12-14-1-2-15(20)11-14/h3-10,14-15,20H,1-2,11-13H2,(H,24,26). The Hall–Kier alpha value is -2.48. The monoisotopic (exact) mass is 420 g/mol. The Morgan fingerprint density at radius 2 is 1.59 bits per heavy atom. The van der Waals surface area contributed by atoms with Gasteiger partial charge in [0.15, 0.2) is 0 Å². The number of sulfonamides is 1. The minimum Gasteiger partial charge on any atom is -0.352 e. The van der Waals surface area contributed by atoms with Crippen molar-refractivity contribution in [2.24, 2.45) is 11.8 Å². The normalized spacial score (nSPS) is 23.2. The van der Waals surface area contributed by atoms with Crippen LogP contribution in [-0.4, -0.2) is 26.9 Å². The summed E-state index contributed by atoms with van der Waals surface area (Å²) >= 11 is 0. The first-order valence-corrected chi connectivity index (χ1v) is 11.1. The lowest BCUT2D eigenvalue weighted by Crippen LogP contribution is -2.46. The summed E-state index contributed by atoms with van der Waals surface area (Å²) in [4.78, 5) is 12.6. The van der Waals surface area contributed by atoms with Crippen molar-refractivity contribution in [3.8, 4) is 0 Å². The fraction of sp³-hybridized carbons (Fsp3) is 0.381. The fourth-order valence-electron chi connectivity index (χ4n) is 4.46. The van der Waals surface area contributed by atoms with Crippen LogP contribution in [0.3, 0.4) is 0 Å². The molecular formula is C21H22F2N2O3S. The van der Waals surface area contributed by atoms with E-state index in [1.807, 2.05) is 0 Å². The van der Waals surface area contributed by atoms with Gasteiger partial charge in [-0.1, -0.05) is 6.42 Å². The van der Waals surface area contributed by atoms with Crippen molar-refractivity contribution in [3.05, 3.63) is 60.2 Å². The van der Waals surface area contributed by atoms with Crippen LogP contribution < -0.4 is 9.62 Å². The van der Waals surface area contributed by atoms with Crippen LogP contribution >= 0.6 is 0 Å². The van der Waals surface area contributed by atoms with Crippen molar-refractivity contribution in [1.82, 2.24) is 5.32 Å². The number of amides is 1. The fourth-order valence-corrected chi connectivity index (χ4v) is 5.88. The number of anilines is 1. The molecule has 2 aromatic carbocycles. The highest BCUT2D eigenvalue weighted by Gasteiger charge is 2.40. The molecule has 3 unspecified atom stereocenters. The van der Waals surface area contributed by atoms with Crippen molar-refractivity contribution in [2.45, 2.75) is 36.6 Å². The van der Waals surface area contributed by atoms with Gasteiger partial charge in [0.1, 0.15) is 18.2 Å². The molecule has 1 N–H and O–H groups in total. The van der Waals surface area contributed by atoms with Crippen LogP contribution in [-0.2, 0) is 14.8 Å². The van der Waals surface area contributed by atoms with E-state index in [9.17, 15) is 22.0 Å². The number of rotatable bonds is 6. The zero-order chi connectivity index (χ0) is 20.6. The maximum Gasteiger partial charge on any atom is 0.264 e. The highest BCUT2D eigenvalue weighted by Crippen LogP contribution is 2.44. The van der Waals surface area contributed by atoms with Crippen molar-refractivity contribution in [3.63, 3.8) is 0 Å². The van der Waals surface area contributed by atoms with E-state index in [0.717, 1.165) is 60.0 Å². The molecule has 2 saturated carbocycles. The largest absolute Gasteiger partial charge is 0.352 e. The highest BCUT2D eigenvalue weighted by atomic mass is 32.2. The molecule has 2 bridgehead atoms. The summed E-state index contributed by atoms with van der Waals surface area (Å²) in [5, 5.41) is 2.98. The molecule has 5 nitrogen and oxygen atoms in total. The Labute approximate surface area is 168 Å². The van der Waals surface area contributed by atoms with Gasteiger partial charge < -0.3 is 5.32 Å². The van der Waals surface area contributed by atoms with Gasteiger partial charge in [-0.05, 0) is 79.6 Å². The van der Waals surface area contributed by atoms with Gasteiger partial charge in [0, 0.05) is 6.04 Å². The topological polar surface area (TPSA) is 66.5 Å². The molecule has 0 heterocycles. The van der Waals surface area contributed by atoms with Gasteiger partial charge >= 0.3 is 0 Å². The predicted molar refractivity (Wildman–Crippen MR) is 105 cm³/mol. The van der Waals surface area contributed by atoms with Gasteiger partial charge in [-0.2, -0.15) is 0 Å². The predicted octanol–water partition coefficient (Wildman–Crippen LogP) is 3.46. The van der Waals surface area contributed by atoms with Gasteiger partial charge in [0.05, 0.1) is 10.6 Å². The Balaban J connectivity index is 1.59. The van der Waals surface area contributed by atoms with Crippen LogP contribution in [0.2, 0.25) is 0 Å². The molecule has 154 valence electrons. The number of fused-ring (bicyclic) bond motifs is 2. The van der Waals surface area contributed by atoms with Gasteiger partial charge in [-0.15, -0.1) is 0 Å². The third-order valence-corrected chi connectivity index (χ3v) is 7.68. The lowest BCUT2D eigenvalue weighted by Gasteiger charge is -2.27. The maximum atomic E-state index is 13.3. The first kappa shape index (κ1) is 19.8. The molecule has 0 saturated heterocycles.